The molecule has 0 aromatic heterocycles. The molecule has 0 spiro atoms. The maximum Gasteiger partial charge on any atom is 0.555 e. The van der Waals surface area contributed by atoms with Crippen molar-refractivity contribution in [3.05, 3.63) is 40.6 Å². The highest BCUT2D eigenvalue weighted by Crippen LogP contribution is 2.38. The highest BCUT2D eigenvalue weighted by Gasteiger charge is 2.39. The van der Waals surface area contributed by atoms with Crippen LogP contribution in [0.5, 0.6) is 0 Å². The molecule has 0 heterocycles. The van der Waals surface area contributed by atoms with Gasteiger partial charge < -0.3 is 9.47 Å². The predicted octanol–water partition coefficient (Wildman–Crippen LogP) is 5.64. The zero-order valence-corrected chi connectivity index (χ0v) is 16.0. The lowest BCUT2D eigenvalue weighted by atomic mass is 10.0. The number of ether oxygens (including phenoxy) is 2. The quantitative estimate of drug-likeness (QED) is 0.325. The van der Waals surface area contributed by atoms with E-state index in [2.05, 4.69) is 0 Å². The molecule has 4 nitrogen and oxygen atoms in total. The van der Waals surface area contributed by atoms with Gasteiger partial charge in [0.1, 0.15) is 0 Å². The second-order valence-corrected chi connectivity index (χ2v) is 6.93. The minimum atomic E-state index is -1.83. The maximum absolute atomic E-state index is 12.0. The molecule has 0 radical (unpaired) electrons. The van der Waals surface area contributed by atoms with Crippen molar-refractivity contribution in [3.8, 4) is 0 Å². The Balaban J connectivity index is 3.39. The third-order valence-corrected chi connectivity index (χ3v) is 4.48. The van der Waals surface area contributed by atoms with E-state index in [0.29, 0.717) is 30.2 Å². The molecule has 1 aromatic carbocycles. The van der Waals surface area contributed by atoms with Crippen molar-refractivity contribution in [1.29, 1.82) is 0 Å². The van der Waals surface area contributed by atoms with Gasteiger partial charge in [-0.1, -0.05) is 23.7 Å². The van der Waals surface area contributed by atoms with E-state index in [-0.39, 0.29) is 0 Å². The topological polar surface area (TPSA) is 44.8 Å². The lowest BCUT2D eigenvalue weighted by molar-refractivity contribution is -0.208. The van der Waals surface area contributed by atoms with Crippen LogP contribution in [0.15, 0.2) is 30.0 Å². The highest BCUT2D eigenvalue weighted by molar-refractivity contribution is 7.39. The van der Waals surface area contributed by atoms with Crippen molar-refractivity contribution in [2.75, 3.05) is 19.4 Å². The summed E-state index contributed by atoms with van der Waals surface area (Å²) >= 11 is 5.95. The van der Waals surface area contributed by atoms with E-state index in [1.54, 1.807) is 19.1 Å². The van der Waals surface area contributed by atoms with Crippen molar-refractivity contribution in [1.82, 2.24) is 0 Å². The molecule has 0 aliphatic carbocycles. The second-order valence-electron chi connectivity index (χ2n) is 5.01. The first-order chi connectivity index (χ1) is 10.9. The zero-order chi connectivity index (χ0) is 17.5. The minimum absolute atomic E-state index is 0.418. The SMILES string of the molecule is CCOC(C)(OCC)C(O[P+](=O)CC)=C(C)c1ccc(Cl)cc1. The fourth-order valence-electron chi connectivity index (χ4n) is 2.21. The molecule has 1 unspecified atom stereocenters. The molecule has 0 amide bonds. The van der Waals surface area contributed by atoms with Gasteiger partial charge in [0, 0.05) is 23.8 Å². The molecule has 0 aliphatic rings. The molecule has 0 saturated carbocycles. The summed E-state index contributed by atoms with van der Waals surface area (Å²) in [4.78, 5) is 0. The highest BCUT2D eigenvalue weighted by atomic mass is 35.5. The number of hydrogen-bond acceptors (Lipinski definition) is 4. The summed E-state index contributed by atoms with van der Waals surface area (Å²) in [6, 6.07) is 7.38. The molecular formula is C17H25ClO4P+. The van der Waals surface area contributed by atoms with Crippen LogP contribution in [0.2, 0.25) is 5.02 Å². The molecule has 1 rings (SSSR count). The van der Waals surface area contributed by atoms with Gasteiger partial charge in [-0.05, 0) is 56.9 Å². The zero-order valence-electron chi connectivity index (χ0n) is 14.4. The summed E-state index contributed by atoms with van der Waals surface area (Å²) < 4.78 is 29.3. The molecule has 0 aliphatic heterocycles. The molecule has 128 valence electrons. The Bertz CT molecular complexity index is 548. The first-order valence-electron chi connectivity index (χ1n) is 7.75. The van der Waals surface area contributed by atoms with Gasteiger partial charge >= 0.3 is 8.03 Å². The third-order valence-electron chi connectivity index (χ3n) is 3.32. The van der Waals surface area contributed by atoms with Crippen molar-refractivity contribution >= 4 is 25.2 Å². The fourth-order valence-corrected chi connectivity index (χ4v) is 2.97. The smallest absolute Gasteiger partial charge is 0.344 e. The summed E-state index contributed by atoms with van der Waals surface area (Å²) in [6.45, 7) is 10.1. The van der Waals surface area contributed by atoms with Crippen molar-refractivity contribution in [2.24, 2.45) is 0 Å². The predicted molar refractivity (Wildman–Crippen MR) is 94.9 cm³/mol. The molecule has 0 saturated heterocycles. The largest absolute Gasteiger partial charge is 0.555 e. The normalized spacial score (nSPS) is 13.6. The minimum Gasteiger partial charge on any atom is -0.344 e. The summed E-state index contributed by atoms with van der Waals surface area (Å²) in [6.07, 6.45) is 0.418. The average Bonchev–Trinajstić information content (AvgIpc) is 2.52. The van der Waals surface area contributed by atoms with E-state index in [0.717, 1.165) is 11.1 Å². The Kier molecular flexibility index (Phi) is 8.21. The molecule has 0 fully saturated rings. The van der Waals surface area contributed by atoms with Crippen LogP contribution in [0.3, 0.4) is 0 Å². The molecule has 23 heavy (non-hydrogen) atoms. The van der Waals surface area contributed by atoms with Gasteiger partial charge in [-0.15, -0.1) is 0 Å². The van der Waals surface area contributed by atoms with Gasteiger partial charge in [0.2, 0.25) is 11.5 Å². The van der Waals surface area contributed by atoms with Gasteiger partial charge in [-0.3, -0.25) is 4.52 Å². The van der Waals surface area contributed by atoms with Gasteiger partial charge in [0.15, 0.2) is 6.16 Å². The van der Waals surface area contributed by atoms with E-state index in [1.807, 2.05) is 39.8 Å². The Morgan fingerprint density at radius 2 is 1.65 bits per heavy atom. The van der Waals surface area contributed by atoms with Gasteiger partial charge in [0.05, 0.1) is 0 Å². The second kappa shape index (κ2) is 9.39. The molecular weight excluding hydrogens is 335 g/mol. The fraction of sp³-hybridized carbons (Fsp3) is 0.529. The third kappa shape index (κ3) is 5.58. The van der Waals surface area contributed by atoms with Gasteiger partial charge in [-0.25, -0.2) is 0 Å². The summed E-state index contributed by atoms with van der Waals surface area (Å²) in [5.74, 6) is -0.653. The van der Waals surface area contributed by atoms with Gasteiger partial charge in [-0.2, -0.15) is 0 Å². The van der Waals surface area contributed by atoms with Crippen LogP contribution < -0.4 is 0 Å². The van der Waals surface area contributed by atoms with Crippen LogP contribution in [0.25, 0.3) is 5.57 Å². The van der Waals surface area contributed by atoms with Gasteiger partial charge in [0.25, 0.3) is 0 Å². The van der Waals surface area contributed by atoms with Crippen molar-refractivity contribution in [3.63, 3.8) is 0 Å². The number of allylic oxidation sites excluding steroid dienone is 1. The van der Waals surface area contributed by atoms with E-state index in [4.69, 9.17) is 25.6 Å². The Labute approximate surface area is 144 Å². The maximum atomic E-state index is 12.0. The standard InChI is InChI=1S/C17H25ClO4P/c1-6-20-17(5,21-7-2)16(22-23(19)8-3)13(4)14-9-11-15(18)12-10-14/h9-12H,6-8H2,1-5H3/q+1. The molecule has 1 aromatic rings. The number of benzene rings is 1. The van der Waals surface area contributed by atoms with E-state index >= 15 is 0 Å². The molecule has 6 heteroatoms. The summed E-state index contributed by atoms with van der Waals surface area (Å²) in [5, 5.41) is 0.654. The van der Waals surface area contributed by atoms with E-state index in [1.165, 1.54) is 0 Å². The first kappa shape index (κ1) is 20.1. The van der Waals surface area contributed by atoms with E-state index < -0.39 is 13.8 Å². The number of hydrogen-bond donors (Lipinski definition) is 0. The van der Waals surface area contributed by atoms with Crippen molar-refractivity contribution < 1.29 is 18.6 Å². The van der Waals surface area contributed by atoms with Crippen LogP contribution in [0, 0.1) is 0 Å². The average molecular weight is 360 g/mol. The molecule has 0 N–H and O–H groups in total. The Hall–Kier alpha value is -0.930. The lowest BCUT2D eigenvalue weighted by Gasteiger charge is -2.29. The summed E-state index contributed by atoms with van der Waals surface area (Å²) in [5.41, 5.74) is 1.72. The summed E-state index contributed by atoms with van der Waals surface area (Å²) in [7, 11) is -1.83. The van der Waals surface area contributed by atoms with Crippen molar-refractivity contribution in [2.45, 2.75) is 40.4 Å². The van der Waals surface area contributed by atoms with Crippen LogP contribution in [0.1, 0.15) is 40.2 Å². The lowest BCUT2D eigenvalue weighted by Crippen LogP contribution is -2.36. The van der Waals surface area contributed by atoms with Crippen LogP contribution in [-0.2, 0) is 18.6 Å². The molecule has 0 bridgehead atoms. The van der Waals surface area contributed by atoms with Crippen LogP contribution in [-0.4, -0.2) is 25.2 Å². The van der Waals surface area contributed by atoms with E-state index in [9.17, 15) is 4.57 Å². The van der Waals surface area contributed by atoms with Crippen LogP contribution >= 0.6 is 19.6 Å². The molecule has 1 atom stereocenters. The Morgan fingerprint density at radius 1 is 1.13 bits per heavy atom. The van der Waals surface area contributed by atoms with Crippen LogP contribution in [0.4, 0.5) is 0 Å². The number of halogens is 1. The number of rotatable bonds is 9. The monoisotopic (exact) mass is 359 g/mol. The Morgan fingerprint density at radius 3 is 2.09 bits per heavy atom. The first-order valence-corrected chi connectivity index (χ1v) is 9.49.